The molecule has 0 heterocycles. The van der Waals surface area contributed by atoms with Crippen LogP contribution in [0.4, 0.5) is 22.4 Å². The summed E-state index contributed by atoms with van der Waals surface area (Å²) in [6.07, 6.45) is -3.80. The molecule has 1 amide bonds. The number of carbonyl (C=O) groups is 2. The fraction of sp³-hybridized carbons (Fsp3) is 0.464. The van der Waals surface area contributed by atoms with Crippen LogP contribution in [0.25, 0.3) is 11.1 Å². The van der Waals surface area contributed by atoms with Crippen molar-refractivity contribution in [2.45, 2.75) is 81.3 Å². The zero-order chi connectivity index (χ0) is 29.0. The Bertz CT molecular complexity index is 1190. The van der Waals surface area contributed by atoms with Gasteiger partial charge in [-0.1, -0.05) is 48.5 Å². The lowest BCUT2D eigenvalue weighted by atomic mass is 9.96. The highest BCUT2D eigenvalue weighted by Crippen LogP contribution is 2.41. The van der Waals surface area contributed by atoms with Gasteiger partial charge in [0.15, 0.2) is 0 Å². The van der Waals surface area contributed by atoms with Gasteiger partial charge < -0.3 is 15.5 Å². The largest absolute Gasteiger partial charge is 0.503 e. The monoisotopic (exact) mass is 549 g/mol. The van der Waals surface area contributed by atoms with Crippen molar-refractivity contribution in [3.63, 3.8) is 0 Å². The first-order chi connectivity index (χ1) is 18.1. The summed E-state index contributed by atoms with van der Waals surface area (Å²) in [5, 5.41) is 28.0. The molecule has 0 saturated heterocycles. The molecule has 2 aliphatic rings. The van der Waals surface area contributed by atoms with E-state index in [2.05, 4.69) is 22.8 Å². The molecule has 2 saturated carbocycles. The average Bonchev–Trinajstić information content (AvgIpc) is 3.76. The number of benzene rings is 2. The summed E-state index contributed by atoms with van der Waals surface area (Å²) in [6.45, 7) is 2.41. The van der Waals surface area contributed by atoms with Crippen LogP contribution in [-0.2, 0) is 4.79 Å². The van der Waals surface area contributed by atoms with E-state index in [1.54, 1.807) is 12.1 Å². The van der Waals surface area contributed by atoms with Gasteiger partial charge in [-0.3, -0.25) is 10.1 Å². The molecule has 7 nitrogen and oxygen atoms in total. The zero-order valence-corrected chi connectivity index (χ0v) is 21.6. The van der Waals surface area contributed by atoms with Gasteiger partial charge in [-0.25, -0.2) is 9.18 Å². The molecule has 0 radical (unpaired) electrons. The minimum absolute atomic E-state index is 0.0771. The summed E-state index contributed by atoms with van der Waals surface area (Å²) in [5.74, 6) is -0.191. The molecule has 2 aromatic rings. The Hall–Kier alpha value is -3.65. The molecule has 2 atom stereocenters. The Balaban J connectivity index is 0.000000983. The first kappa shape index (κ1) is 29.9. The van der Waals surface area contributed by atoms with Gasteiger partial charge >= 0.3 is 12.3 Å². The molecule has 39 heavy (non-hydrogen) atoms. The first-order valence-electron chi connectivity index (χ1n) is 12.5. The summed E-state index contributed by atoms with van der Waals surface area (Å²) in [4.78, 5) is 21.3. The first-order valence-corrected chi connectivity index (χ1v) is 12.5. The van der Waals surface area contributed by atoms with E-state index in [0.717, 1.165) is 11.1 Å². The van der Waals surface area contributed by atoms with Gasteiger partial charge in [0.1, 0.15) is 17.2 Å². The van der Waals surface area contributed by atoms with E-state index in [-0.39, 0.29) is 5.56 Å². The summed E-state index contributed by atoms with van der Waals surface area (Å²) >= 11 is 0. The summed E-state index contributed by atoms with van der Waals surface area (Å²) in [6, 6.07) is 12.4. The maximum atomic E-state index is 14.4. The van der Waals surface area contributed by atoms with Gasteiger partial charge in [0, 0.05) is 6.42 Å². The van der Waals surface area contributed by atoms with Crippen molar-refractivity contribution in [3.05, 3.63) is 59.7 Å². The van der Waals surface area contributed by atoms with E-state index < -0.39 is 48.0 Å². The molecule has 0 spiro atoms. The number of alkyl halides is 4. The number of hydrogen-bond acceptors (Lipinski definition) is 4. The van der Waals surface area contributed by atoms with Gasteiger partial charge in [0.25, 0.3) is 0 Å². The van der Waals surface area contributed by atoms with Crippen LogP contribution in [0.15, 0.2) is 48.5 Å². The molecular weight excluding hydrogens is 518 g/mol. The van der Waals surface area contributed by atoms with Crippen molar-refractivity contribution in [1.82, 2.24) is 10.6 Å². The van der Waals surface area contributed by atoms with Crippen molar-refractivity contribution in [1.29, 1.82) is 5.26 Å². The molecule has 0 unspecified atom stereocenters. The normalized spacial score (nSPS) is 17.6. The number of hydrogen-bond donors (Lipinski definition) is 4. The predicted molar refractivity (Wildman–Crippen MR) is 136 cm³/mol. The highest BCUT2D eigenvalue weighted by molar-refractivity contribution is 5.83. The second kappa shape index (κ2) is 11.6. The second-order valence-corrected chi connectivity index (χ2v) is 10.6. The lowest BCUT2D eigenvalue weighted by Crippen LogP contribution is -2.53. The van der Waals surface area contributed by atoms with Gasteiger partial charge in [-0.2, -0.15) is 18.4 Å². The van der Waals surface area contributed by atoms with Crippen LogP contribution in [0.3, 0.4) is 0 Å². The van der Waals surface area contributed by atoms with Crippen LogP contribution >= 0.6 is 0 Å². The molecule has 210 valence electrons. The minimum Gasteiger partial charge on any atom is -0.450 e. The third-order valence-electron chi connectivity index (χ3n) is 6.56. The van der Waals surface area contributed by atoms with Gasteiger partial charge in [0.05, 0.1) is 12.1 Å². The smallest absolute Gasteiger partial charge is 0.450 e. The molecule has 2 aliphatic carbocycles. The third kappa shape index (κ3) is 8.96. The number of nitrogens with zero attached hydrogens (tertiary/aromatic N) is 1. The lowest BCUT2D eigenvalue weighted by Gasteiger charge is -2.30. The number of nitrogens with one attached hydrogen (secondary N) is 2. The maximum Gasteiger partial charge on any atom is 0.503 e. The van der Waals surface area contributed by atoms with E-state index in [9.17, 15) is 27.6 Å². The number of carbonyl (C=O) groups excluding carboxylic acids is 1. The minimum atomic E-state index is -4.72. The molecule has 2 aromatic carbocycles. The molecule has 0 aliphatic heterocycles. The van der Waals surface area contributed by atoms with E-state index >= 15 is 0 Å². The Labute approximate surface area is 223 Å². The second-order valence-electron chi connectivity index (χ2n) is 10.6. The number of amides is 1. The van der Waals surface area contributed by atoms with E-state index in [1.807, 2.05) is 18.2 Å². The van der Waals surface area contributed by atoms with Crippen LogP contribution in [0.5, 0.6) is 0 Å². The fourth-order valence-corrected chi connectivity index (χ4v) is 4.24. The zero-order valence-electron chi connectivity index (χ0n) is 21.6. The number of rotatable bonds is 9. The molecule has 0 aromatic heterocycles. The fourth-order valence-electron chi connectivity index (χ4n) is 4.24. The highest BCUT2D eigenvalue weighted by Gasteiger charge is 2.48. The Morgan fingerprint density at radius 1 is 1.00 bits per heavy atom. The van der Waals surface area contributed by atoms with Crippen LogP contribution in [-0.4, -0.2) is 45.7 Å². The third-order valence-corrected chi connectivity index (χ3v) is 6.56. The summed E-state index contributed by atoms with van der Waals surface area (Å²) < 4.78 is 56.7. The molecular formula is C28H31F4N3O4. The van der Waals surface area contributed by atoms with Crippen molar-refractivity contribution >= 4 is 12.1 Å². The topological polar surface area (TPSA) is 122 Å². The van der Waals surface area contributed by atoms with Crippen LogP contribution in [0.2, 0.25) is 0 Å². The summed E-state index contributed by atoms with van der Waals surface area (Å²) in [5.41, 5.74) is -0.0867. The Morgan fingerprint density at radius 3 is 1.87 bits per heavy atom. The van der Waals surface area contributed by atoms with Crippen LogP contribution in [0, 0.1) is 11.3 Å². The van der Waals surface area contributed by atoms with Gasteiger partial charge in [-0.05, 0) is 67.7 Å². The van der Waals surface area contributed by atoms with E-state index in [1.165, 1.54) is 44.4 Å². The molecule has 11 heteroatoms. The highest BCUT2D eigenvalue weighted by atomic mass is 19.4. The summed E-state index contributed by atoms with van der Waals surface area (Å²) in [7, 11) is 0. The van der Waals surface area contributed by atoms with Crippen molar-refractivity contribution in [2.24, 2.45) is 0 Å². The standard InChI is InChI=1S/C27H29F4N3O.CH2O3/c1-25(2,28)15-22(24(35)34-26(16-32)13-14-26)33-23(27(29,30)31)21-11-9-20(10-12-21)19-7-5-18(6-8-19)17-3-4-17;2-1(3)4/h5-12,17,22-23,33H,3-4,13-15H2,1-2H3,(H,34,35);(H2,2,3,4)/t22-,23-;/m0./s1. The number of halogens is 4. The van der Waals surface area contributed by atoms with Crippen molar-refractivity contribution < 1.29 is 37.4 Å². The van der Waals surface area contributed by atoms with Crippen LogP contribution < -0.4 is 10.6 Å². The maximum absolute atomic E-state index is 14.4. The average molecular weight is 550 g/mol. The van der Waals surface area contributed by atoms with Crippen molar-refractivity contribution in [2.75, 3.05) is 0 Å². The van der Waals surface area contributed by atoms with Gasteiger partial charge in [-0.15, -0.1) is 0 Å². The quantitative estimate of drug-likeness (QED) is 0.271. The molecule has 4 rings (SSSR count). The molecule has 4 N–H and O–H groups in total. The van der Waals surface area contributed by atoms with Gasteiger partial charge in [0.2, 0.25) is 5.91 Å². The lowest BCUT2D eigenvalue weighted by molar-refractivity contribution is -0.161. The van der Waals surface area contributed by atoms with Crippen LogP contribution in [0.1, 0.15) is 69.0 Å². The Kier molecular flexibility index (Phi) is 8.91. The van der Waals surface area contributed by atoms with Crippen molar-refractivity contribution in [3.8, 4) is 17.2 Å². The number of nitriles is 1. The molecule has 2 fully saturated rings. The molecule has 0 bridgehead atoms. The van der Waals surface area contributed by atoms with E-state index in [4.69, 9.17) is 15.0 Å². The van der Waals surface area contributed by atoms with E-state index in [0.29, 0.717) is 18.8 Å². The number of carboxylic acid groups (broad SMARTS) is 2. The predicted octanol–water partition coefficient (Wildman–Crippen LogP) is 6.33. The SMILES string of the molecule is CC(C)(F)C[C@H](N[C@@H](c1ccc(-c2ccc(C3CC3)cc2)cc1)C(F)(F)F)C(=O)NC1(C#N)CC1.O=C(O)O. The Morgan fingerprint density at radius 2 is 1.49 bits per heavy atom.